The number of benzene rings is 2. The summed E-state index contributed by atoms with van der Waals surface area (Å²) in [5.41, 5.74) is 5.20. The zero-order valence-corrected chi connectivity index (χ0v) is 14.3. The van der Waals surface area contributed by atoms with Crippen LogP contribution >= 0.6 is 27.5 Å². The average molecular weight is 353 g/mol. The molecule has 0 saturated heterocycles. The van der Waals surface area contributed by atoms with E-state index in [0.717, 1.165) is 21.5 Å². The van der Waals surface area contributed by atoms with Gasteiger partial charge < -0.3 is 5.32 Å². The molecular formula is C17H19BrClN. The fourth-order valence-electron chi connectivity index (χ4n) is 2.53. The van der Waals surface area contributed by atoms with Crippen molar-refractivity contribution >= 4 is 27.5 Å². The van der Waals surface area contributed by atoms with Crippen molar-refractivity contribution < 1.29 is 0 Å². The maximum atomic E-state index is 6.38. The quantitative estimate of drug-likeness (QED) is 0.795. The monoisotopic (exact) mass is 351 g/mol. The third kappa shape index (κ3) is 3.43. The van der Waals surface area contributed by atoms with Gasteiger partial charge >= 0.3 is 0 Å². The molecule has 2 rings (SSSR count). The number of halogens is 2. The Hall–Kier alpha value is -0.830. The SMILES string of the molecule is CNC(Cc1c(C)cccc1C)c1ccc(Br)cc1Cl. The first-order valence-electron chi connectivity index (χ1n) is 6.70. The van der Waals surface area contributed by atoms with Crippen LogP contribution in [0.25, 0.3) is 0 Å². The Kier molecular flexibility index (Phi) is 5.25. The van der Waals surface area contributed by atoms with Gasteiger partial charge in [-0.15, -0.1) is 0 Å². The molecule has 2 aromatic rings. The summed E-state index contributed by atoms with van der Waals surface area (Å²) in [5, 5.41) is 4.18. The summed E-state index contributed by atoms with van der Waals surface area (Å²) in [5.74, 6) is 0. The molecule has 3 heteroatoms. The molecule has 1 nitrogen and oxygen atoms in total. The molecule has 0 radical (unpaired) electrons. The Labute approximate surface area is 134 Å². The van der Waals surface area contributed by atoms with Crippen LogP contribution in [0.4, 0.5) is 0 Å². The van der Waals surface area contributed by atoms with E-state index in [9.17, 15) is 0 Å². The van der Waals surface area contributed by atoms with Crippen molar-refractivity contribution in [3.05, 3.63) is 68.1 Å². The normalized spacial score (nSPS) is 12.4. The van der Waals surface area contributed by atoms with Gasteiger partial charge in [0, 0.05) is 15.5 Å². The summed E-state index contributed by atoms with van der Waals surface area (Å²) in [7, 11) is 1.98. The van der Waals surface area contributed by atoms with E-state index in [0.29, 0.717) is 0 Å². The molecule has 106 valence electrons. The molecule has 2 aromatic carbocycles. The van der Waals surface area contributed by atoms with Crippen molar-refractivity contribution in [1.29, 1.82) is 0 Å². The molecule has 1 N–H and O–H groups in total. The van der Waals surface area contributed by atoms with Crippen molar-refractivity contribution in [1.82, 2.24) is 5.32 Å². The molecule has 0 aliphatic rings. The standard InChI is InChI=1S/C17H19BrClN/c1-11-5-4-6-12(2)15(11)10-17(20-3)14-8-7-13(18)9-16(14)19/h4-9,17,20H,10H2,1-3H3. The van der Waals surface area contributed by atoms with Gasteiger partial charge in [-0.3, -0.25) is 0 Å². The third-order valence-corrected chi connectivity index (χ3v) is 4.56. The second-order valence-electron chi connectivity index (χ2n) is 5.08. The summed E-state index contributed by atoms with van der Waals surface area (Å²) in [4.78, 5) is 0. The van der Waals surface area contributed by atoms with E-state index in [1.165, 1.54) is 16.7 Å². The van der Waals surface area contributed by atoms with Gasteiger partial charge in [-0.2, -0.15) is 0 Å². The van der Waals surface area contributed by atoms with Crippen LogP contribution in [-0.4, -0.2) is 7.05 Å². The van der Waals surface area contributed by atoms with Crippen LogP contribution in [0, 0.1) is 13.8 Å². The second-order valence-corrected chi connectivity index (χ2v) is 6.40. The molecule has 0 aliphatic heterocycles. The van der Waals surface area contributed by atoms with Gasteiger partial charge in [0.2, 0.25) is 0 Å². The smallest absolute Gasteiger partial charge is 0.0465 e. The second kappa shape index (κ2) is 6.75. The highest BCUT2D eigenvalue weighted by Gasteiger charge is 2.16. The molecule has 0 aromatic heterocycles. The van der Waals surface area contributed by atoms with Gasteiger partial charge in [-0.05, 0) is 61.7 Å². The molecule has 0 spiro atoms. The van der Waals surface area contributed by atoms with Crippen LogP contribution in [0.15, 0.2) is 40.9 Å². The van der Waals surface area contributed by atoms with Crippen molar-refractivity contribution in [2.24, 2.45) is 0 Å². The maximum Gasteiger partial charge on any atom is 0.0465 e. The minimum atomic E-state index is 0.218. The van der Waals surface area contributed by atoms with E-state index in [1.54, 1.807) is 0 Å². The highest BCUT2D eigenvalue weighted by atomic mass is 79.9. The Morgan fingerprint density at radius 3 is 2.35 bits per heavy atom. The maximum absolute atomic E-state index is 6.38. The number of nitrogens with one attached hydrogen (secondary N) is 1. The van der Waals surface area contributed by atoms with E-state index in [2.05, 4.69) is 59.4 Å². The molecule has 0 saturated carbocycles. The third-order valence-electron chi connectivity index (χ3n) is 3.74. The first-order valence-corrected chi connectivity index (χ1v) is 7.87. The lowest BCUT2D eigenvalue weighted by atomic mass is 9.93. The van der Waals surface area contributed by atoms with Crippen LogP contribution in [0.5, 0.6) is 0 Å². The van der Waals surface area contributed by atoms with Crippen LogP contribution in [0.2, 0.25) is 5.02 Å². The van der Waals surface area contributed by atoms with Crippen LogP contribution in [0.1, 0.15) is 28.3 Å². The highest BCUT2D eigenvalue weighted by molar-refractivity contribution is 9.10. The Morgan fingerprint density at radius 1 is 1.15 bits per heavy atom. The largest absolute Gasteiger partial charge is 0.313 e. The van der Waals surface area contributed by atoms with Gasteiger partial charge in [0.15, 0.2) is 0 Å². The van der Waals surface area contributed by atoms with Gasteiger partial charge in [-0.1, -0.05) is 51.8 Å². The first kappa shape index (κ1) is 15.6. The molecule has 1 unspecified atom stereocenters. The van der Waals surface area contributed by atoms with E-state index >= 15 is 0 Å². The summed E-state index contributed by atoms with van der Waals surface area (Å²) >= 11 is 9.83. The minimum absolute atomic E-state index is 0.218. The summed E-state index contributed by atoms with van der Waals surface area (Å²) < 4.78 is 1.01. The number of likely N-dealkylation sites (N-methyl/N-ethyl adjacent to an activating group) is 1. The predicted molar refractivity (Wildman–Crippen MR) is 90.6 cm³/mol. The molecule has 0 bridgehead atoms. The lowest BCUT2D eigenvalue weighted by Gasteiger charge is -2.20. The number of aryl methyl sites for hydroxylation is 2. The minimum Gasteiger partial charge on any atom is -0.313 e. The van der Waals surface area contributed by atoms with Gasteiger partial charge in [-0.25, -0.2) is 0 Å². The van der Waals surface area contributed by atoms with E-state index < -0.39 is 0 Å². The van der Waals surface area contributed by atoms with Crippen LogP contribution < -0.4 is 5.32 Å². The van der Waals surface area contributed by atoms with Gasteiger partial charge in [0.1, 0.15) is 0 Å². The van der Waals surface area contributed by atoms with E-state index in [4.69, 9.17) is 11.6 Å². The number of rotatable bonds is 4. The predicted octanol–water partition coefficient (Wildman–Crippen LogP) is 5.22. The van der Waals surface area contributed by atoms with Crippen molar-refractivity contribution in [3.8, 4) is 0 Å². The average Bonchev–Trinajstić information content (AvgIpc) is 2.40. The van der Waals surface area contributed by atoms with E-state index in [1.807, 2.05) is 19.2 Å². The molecule has 0 amide bonds. The van der Waals surface area contributed by atoms with Gasteiger partial charge in [0.05, 0.1) is 0 Å². The fraction of sp³-hybridized carbons (Fsp3) is 0.294. The molecular weight excluding hydrogens is 334 g/mol. The van der Waals surface area contributed by atoms with Crippen LogP contribution in [0.3, 0.4) is 0 Å². The summed E-state index contributed by atoms with van der Waals surface area (Å²) in [6.07, 6.45) is 0.941. The lowest BCUT2D eigenvalue weighted by molar-refractivity contribution is 0.589. The number of hydrogen-bond donors (Lipinski definition) is 1. The van der Waals surface area contributed by atoms with E-state index in [-0.39, 0.29) is 6.04 Å². The molecule has 20 heavy (non-hydrogen) atoms. The van der Waals surface area contributed by atoms with Gasteiger partial charge in [0.25, 0.3) is 0 Å². The Bertz CT molecular complexity index is 590. The summed E-state index contributed by atoms with van der Waals surface area (Å²) in [6, 6.07) is 12.7. The summed E-state index contributed by atoms with van der Waals surface area (Å²) in [6.45, 7) is 4.33. The van der Waals surface area contributed by atoms with Crippen molar-refractivity contribution in [2.75, 3.05) is 7.05 Å². The van der Waals surface area contributed by atoms with Crippen LogP contribution in [-0.2, 0) is 6.42 Å². The lowest BCUT2D eigenvalue weighted by Crippen LogP contribution is -2.20. The van der Waals surface area contributed by atoms with Crippen molar-refractivity contribution in [2.45, 2.75) is 26.3 Å². The molecule has 1 atom stereocenters. The zero-order chi connectivity index (χ0) is 14.7. The first-order chi connectivity index (χ1) is 9.52. The number of hydrogen-bond acceptors (Lipinski definition) is 1. The Morgan fingerprint density at radius 2 is 1.80 bits per heavy atom. The fourth-order valence-corrected chi connectivity index (χ4v) is 3.33. The topological polar surface area (TPSA) is 12.0 Å². The molecule has 0 fully saturated rings. The molecule has 0 heterocycles. The molecule has 0 aliphatic carbocycles. The Balaban J connectivity index is 2.34. The zero-order valence-electron chi connectivity index (χ0n) is 12.0. The highest BCUT2D eigenvalue weighted by Crippen LogP contribution is 2.29. The van der Waals surface area contributed by atoms with Crippen molar-refractivity contribution in [3.63, 3.8) is 0 Å².